The van der Waals surface area contributed by atoms with E-state index in [0.29, 0.717) is 202 Å². The van der Waals surface area contributed by atoms with Crippen molar-refractivity contribution >= 4 is 147 Å². The number of carboxylic acids is 1. The number of ether oxygens (including phenoxy) is 12. The average Bonchev–Trinajstić information content (AvgIpc) is 1.72. The van der Waals surface area contributed by atoms with Gasteiger partial charge in [0.25, 0.3) is 0 Å². The number of imidazole rings is 4. The molecule has 8 aromatic heterocycles. The number of nitrogen functional groups attached to an aromatic ring is 5. The van der Waals surface area contributed by atoms with Crippen molar-refractivity contribution in [3.63, 3.8) is 0 Å². The minimum Gasteiger partial charge on any atom is -0.486 e. The second-order valence-electron chi connectivity index (χ2n) is 26.6. The quantitative estimate of drug-likeness (QED) is 0.0224. The number of nitrogens with zero attached hydrogens (tertiary/aromatic N) is 13. The first kappa shape index (κ1) is 82.1. The number of carbonyl (C=O) groups is 2. The summed E-state index contributed by atoms with van der Waals surface area (Å²) in [6.45, 7) is 8.70. The van der Waals surface area contributed by atoms with E-state index in [1.807, 2.05) is 65.2 Å². The summed E-state index contributed by atoms with van der Waals surface area (Å²) in [6.07, 6.45) is -0.488. The second-order valence-corrected chi connectivity index (χ2v) is 29.7. The normalized spacial score (nSPS) is 13.5. The zero-order chi connectivity index (χ0) is 83.7. The molecule has 0 saturated carbocycles. The highest BCUT2D eigenvalue weighted by atomic mass is 127. The Balaban J connectivity index is 0.000000114. The Morgan fingerprint density at radius 2 is 0.775 bits per heavy atom. The van der Waals surface area contributed by atoms with E-state index in [0.717, 1.165) is 86.9 Å². The molecule has 120 heavy (non-hydrogen) atoms. The van der Waals surface area contributed by atoms with Crippen LogP contribution in [0.4, 0.5) is 42.4 Å². The molecule has 0 bridgehead atoms. The number of nitrogens with two attached hydrogens (primary N) is 5. The summed E-state index contributed by atoms with van der Waals surface area (Å²) in [5, 5.41) is 9.27. The van der Waals surface area contributed by atoms with Gasteiger partial charge < -0.3 is 110 Å². The van der Waals surface area contributed by atoms with Crippen LogP contribution in [0.15, 0.2) is 97.1 Å². The molecule has 6 aromatic carbocycles. The van der Waals surface area contributed by atoms with Gasteiger partial charge in [0.05, 0.1) is 6.42 Å². The number of aliphatic carboxylic acids is 1. The lowest BCUT2D eigenvalue weighted by atomic mass is 10.1. The molecule has 0 saturated heterocycles. The summed E-state index contributed by atoms with van der Waals surface area (Å²) >= 11 is 7.92. The summed E-state index contributed by atoms with van der Waals surface area (Å²) in [5.74, 6) is 11.0. The van der Waals surface area contributed by atoms with Gasteiger partial charge in [0.2, 0.25) is 5.95 Å². The number of nitrogens with one attached hydrogen (secondary N) is 3. The third-order valence-corrected chi connectivity index (χ3v) is 20.6. The number of aromatic amines is 3. The van der Waals surface area contributed by atoms with E-state index in [1.165, 1.54) is 6.92 Å². The number of benzene rings is 6. The molecular weight excluding hydrogens is 1860 g/mol. The van der Waals surface area contributed by atoms with Crippen LogP contribution in [0.3, 0.4) is 0 Å². The van der Waals surface area contributed by atoms with E-state index >= 15 is 0 Å². The van der Waals surface area contributed by atoms with E-state index in [9.17, 15) is 22.8 Å². The number of aromatic nitrogens is 16. The van der Waals surface area contributed by atoms with Gasteiger partial charge in [-0.05, 0) is 159 Å². The Labute approximate surface area is 712 Å². The molecule has 42 heteroatoms. The highest BCUT2D eigenvalue weighted by molar-refractivity contribution is 14.1. The number of hydrogen-bond donors (Lipinski definition) is 9. The molecule has 0 radical (unpaired) electrons. The first-order valence-corrected chi connectivity index (χ1v) is 40.2. The summed E-state index contributed by atoms with van der Waals surface area (Å²) in [5.41, 5.74) is 37.2. The summed E-state index contributed by atoms with van der Waals surface area (Å²) < 4.78 is 110. The van der Waals surface area contributed by atoms with Gasteiger partial charge in [-0.1, -0.05) is 34.1 Å². The van der Waals surface area contributed by atoms with E-state index in [4.69, 9.17) is 90.6 Å². The fraction of sp³-hybridized carbons (Fsp3) is 0.256. The van der Waals surface area contributed by atoms with Gasteiger partial charge in [-0.2, -0.15) is 53.0 Å². The van der Waals surface area contributed by atoms with Crippen molar-refractivity contribution in [2.24, 2.45) is 0 Å². The lowest BCUT2D eigenvalue weighted by Gasteiger charge is -2.20. The number of carboxylic acid groups (broad SMARTS) is 1. The van der Waals surface area contributed by atoms with Gasteiger partial charge >= 0.3 is 24.2 Å². The Hall–Kier alpha value is -13.0. The van der Waals surface area contributed by atoms with Gasteiger partial charge in [0.15, 0.2) is 126 Å². The number of Topliss-reactive ketones (excluding diaryl/α,β-unsaturated/α-hetero) is 1. The number of fused-ring (bicyclic) bond motifs is 10. The lowest BCUT2D eigenvalue weighted by Crippen LogP contribution is -2.16. The molecule has 6 aliphatic heterocycles. The molecule has 14 N–H and O–H groups in total. The Bertz CT molecular complexity index is 6060. The molecule has 0 aliphatic carbocycles. The Morgan fingerprint density at radius 3 is 1.22 bits per heavy atom. The van der Waals surface area contributed by atoms with Crippen LogP contribution in [0, 0.1) is 25.4 Å². The van der Waals surface area contributed by atoms with Crippen LogP contribution in [-0.4, -0.2) is 181 Å². The third kappa shape index (κ3) is 19.7. The van der Waals surface area contributed by atoms with Crippen LogP contribution >= 0.6 is 61.1 Å². The van der Waals surface area contributed by atoms with Crippen molar-refractivity contribution in [2.75, 3.05) is 113 Å². The number of ketones is 1. The maximum Gasteiger partial charge on any atom is 0.312 e. The van der Waals surface area contributed by atoms with Gasteiger partial charge in [0, 0.05) is 50.3 Å². The number of hydrogen-bond acceptors (Lipinski definition) is 31. The first-order chi connectivity index (χ1) is 58.1. The topological polar surface area (TPSA) is 502 Å². The standard InChI is InChI=1S/C16H14BrFIN5O2.C14H11FIN5O2.C14H12FN5O2.C14H14N6O2.C10H10O4.C10H10O3/c17-1-2-24-12(21-13-14(20)22-16(18)23-15(13)24)6-8-5-10-11(7-9(8)19)26-4-3-25-10;15-14-20-12(17)11-13(21-14)19-10(18-11)4-6-3-8-9(5-7(6)16)23-2-1-22-8;15-14-19-12(16)11-13(20-14)18-10(17-11)6-7-1-2-8-9(5-7)22-4-3-21-8;15-12-11-13(20-14(16)19-12)18-10(17-11)6-7-1-2-8-9(5-7)22-4-3-21-8;11-10(12)6-7-1-2-8-9(5-7)14-4-3-13-8;1-7(11)8-2-3-9-10(6-8)13-5-4-12-9/h5,7H,1-4,6H2,(H2,20,22,23);3,5H,1-2,4H2,(H3,17,18,19,20,21);1-2,5H,3-4,6H2,(H3,16,17,18,19,20);1-2,5H,3-4,6H2,(H5,15,16,17,18,19,20);1-2,5H,3-4,6H2,(H,11,12);2-3,6H,4-5H2,1H3. The molecule has 0 amide bonds. The number of halogens is 6. The number of H-pyrrole nitrogens is 3. The largest absolute Gasteiger partial charge is 0.486 e. The summed E-state index contributed by atoms with van der Waals surface area (Å²) in [7, 11) is 0. The average molecular weight is 1930 g/mol. The van der Waals surface area contributed by atoms with Gasteiger partial charge in [-0.15, -0.1) is 0 Å². The lowest BCUT2D eigenvalue weighted by molar-refractivity contribution is -0.136. The van der Waals surface area contributed by atoms with Crippen LogP contribution in [0.1, 0.15) is 68.4 Å². The van der Waals surface area contributed by atoms with Gasteiger partial charge in [-0.3, -0.25) is 9.59 Å². The van der Waals surface area contributed by atoms with Gasteiger partial charge in [-0.25, -0.2) is 19.9 Å². The van der Waals surface area contributed by atoms with E-state index in [-0.39, 0.29) is 46.9 Å². The Kier molecular flexibility index (Phi) is 25.2. The molecule has 0 unspecified atom stereocenters. The Morgan fingerprint density at radius 1 is 0.417 bits per heavy atom. The molecule has 6 aliphatic rings. The smallest absolute Gasteiger partial charge is 0.312 e. The maximum atomic E-state index is 13.6. The number of carbonyl (C=O) groups excluding carboxylic acids is 1. The fourth-order valence-corrected chi connectivity index (χ4v) is 14.5. The molecule has 0 spiro atoms. The molecule has 0 fully saturated rings. The minimum absolute atomic E-state index is 0.0106. The molecule has 620 valence electrons. The molecule has 36 nitrogen and oxygen atoms in total. The van der Waals surface area contributed by atoms with Gasteiger partial charge in [0.1, 0.15) is 119 Å². The van der Waals surface area contributed by atoms with E-state index < -0.39 is 24.2 Å². The van der Waals surface area contributed by atoms with Crippen LogP contribution < -0.4 is 85.5 Å². The molecular formula is C78H71BrF3I2N21O15. The van der Waals surface area contributed by atoms with Crippen molar-refractivity contribution in [3.05, 3.63) is 179 Å². The van der Waals surface area contributed by atoms with Crippen LogP contribution in [-0.2, 0) is 43.4 Å². The van der Waals surface area contributed by atoms with Crippen molar-refractivity contribution in [1.29, 1.82) is 0 Å². The van der Waals surface area contributed by atoms with E-state index in [1.54, 1.807) is 36.4 Å². The number of rotatable bonds is 13. The highest BCUT2D eigenvalue weighted by Crippen LogP contribution is 2.39. The second kappa shape index (κ2) is 36.9. The SMILES string of the molecule is CC(=O)c1ccc2c(c1)OCCO2.Nc1nc(F)nc2c1nc(Cc1cc3c(cc1I)OCCO3)n2CCBr.Nc1nc(F)nc2nc(Cc3cc4c(cc3I)OCCO4)[nH]c12.Nc1nc(F)nc2nc(Cc3ccc4c(c3)OCCO4)[nH]c12.Nc1nc(N)c2[nH]c(Cc3ccc4c(c3)OCCO4)nc2n1.O=C(O)Cc1ccc2c(c1)OCCO2. The van der Waals surface area contributed by atoms with Crippen LogP contribution in [0.2, 0.25) is 0 Å². The monoisotopic (exact) mass is 1930 g/mol. The maximum absolute atomic E-state index is 13.6. The number of anilines is 5. The molecule has 14 aromatic rings. The van der Waals surface area contributed by atoms with Crippen molar-refractivity contribution in [1.82, 2.24) is 79.3 Å². The highest BCUT2D eigenvalue weighted by Gasteiger charge is 2.25. The zero-order valence-electron chi connectivity index (χ0n) is 63.3. The van der Waals surface area contributed by atoms with Crippen molar-refractivity contribution in [3.8, 4) is 69.0 Å². The summed E-state index contributed by atoms with van der Waals surface area (Å²) in [4.78, 5) is 77.9. The molecule has 20 rings (SSSR count). The van der Waals surface area contributed by atoms with Crippen molar-refractivity contribution < 1.29 is 84.7 Å². The van der Waals surface area contributed by atoms with Crippen molar-refractivity contribution in [2.45, 2.75) is 45.6 Å². The predicted octanol–water partition coefficient (Wildman–Crippen LogP) is 10.0. The van der Waals surface area contributed by atoms with Crippen LogP contribution in [0.5, 0.6) is 69.0 Å². The minimum atomic E-state index is -0.887. The summed E-state index contributed by atoms with van der Waals surface area (Å²) in [6, 6.07) is 29.7. The predicted molar refractivity (Wildman–Crippen MR) is 449 cm³/mol. The number of alkyl halides is 1. The number of aryl methyl sites for hydroxylation is 1. The fourth-order valence-electron chi connectivity index (χ4n) is 12.9. The third-order valence-electron chi connectivity index (χ3n) is 18.2. The van der Waals surface area contributed by atoms with E-state index in [2.05, 4.69) is 136 Å². The van der Waals surface area contributed by atoms with Crippen LogP contribution in [0.25, 0.3) is 44.7 Å². The molecule has 14 heterocycles. The molecule has 0 atom stereocenters. The zero-order valence-corrected chi connectivity index (χ0v) is 69.2. The first-order valence-electron chi connectivity index (χ1n) is 36.9.